The number of rotatable bonds is 5. The third-order valence-electron chi connectivity index (χ3n) is 5.97. The summed E-state index contributed by atoms with van der Waals surface area (Å²) in [6.45, 7) is 0. The number of carboxylic acids is 2. The minimum Gasteiger partial charge on any atom is -0.481 e. The van der Waals surface area contributed by atoms with Crippen molar-refractivity contribution >= 4 is 33.5 Å². The summed E-state index contributed by atoms with van der Waals surface area (Å²) >= 11 is 0. The summed E-state index contributed by atoms with van der Waals surface area (Å²) in [7, 11) is 0. The molecule has 1 saturated carbocycles. The summed E-state index contributed by atoms with van der Waals surface area (Å²) in [5, 5.41) is 23.1. The summed E-state index contributed by atoms with van der Waals surface area (Å²) in [5.41, 5.74) is 5.85. The van der Waals surface area contributed by atoms with E-state index >= 15 is 0 Å². The highest BCUT2D eigenvalue weighted by molar-refractivity contribution is 6.02. The Balaban J connectivity index is 1.82. The molecule has 0 aliphatic heterocycles. The zero-order valence-corrected chi connectivity index (χ0v) is 14.8. The van der Waals surface area contributed by atoms with Crippen LogP contribution in [0.1, 0.15) is 18.4 Å². The van der Waals surface area contributed by atoms with E-state index in [9.17, 15) is 14.7 Å². The molecule has 0 aromatic heterocycles. The van der Waals surface area contributed by atoms with Gasteiger partial charge in [-0.25, -0.2) is 0 Å². The highest BCUT2D eigenvalue weighted by Gasteiger charge is 2.50. The number of hydrogen-bond donors (Lipinski definition) is 3. The minimum atomic E-state index is -1.49. The molecular weight excluding hydrogens is 342 g/mol. The summed E-state index contributed by atoms with van der Waals surface area (Å²) in [4.78, 5) is 23.3. The lowest BCUT2D eigenvalue weighted by atomic mass is 9.63. The Morgan fingerprint density at radius 2 is 1.48 bits per heavy atom. The van der Waals surface area contributed by atoms with Gasteiger partial charge in [0.1, 0.15) is 5.54 Å². The van der Waals surface area contributed by atoms with E-state index in [0.29, 0.717) is 12.8 Å². The number of aliphatic carboxylic acids is 2. The lowest BCUT2D eigenvalue weighted by molar-refractivity contribution is -0.155. The Morgan fingerprint density at radius 1 is 0.963 bits per heavy atom. The van der Waals surface area contributed by atoms with Crippen LogP contribution < -0.4 is 5.73 Å². The zero-order valence-electron chi connectivity index (χ0n) is 14.8. The molecule has 1 atom stereocenters. The molecule has 1 aliphatic rings. The normalized spacial score (nSPS) is 21.5. The molecule has 1 fully saturated rings. The average Bonchev–Trinajstić information content (AvgIpc) is 2.59. The predicted molar refractivity (Wildman–Crippen MR) is 104 cm³/mol. The lowest BCUT2D eigenvalue weighted by Crippen LogP contribution is -2.60. The molecule has 0 radical (unpaired) electrons. The molecule has 1 aliphatic carbocycles. The summed E-state index contributed by atoms with van der Waals surface area (Å²) in [5.74, 6) is -2.81. The van der Waals surface area contributed by atoms with Gasteiger partial charge in [0, 0.05) is 6.42 Å². The molecule has 0 bridgehead atoms. The van der Waals surface area contributed by atoms with Crippen LogP contribution in [0.25, 0.3) is 21.5 Å². The largest absolute Gasteiger partial charge is 0.481 e. The number of nitrogens with two attached hydrogens (primary N) is 1. The van der Waals surface area contributed by atoms with Crippen molar-refractivity contribution in [1.82, 2.24) is 0 Å². The van der Waals surface area contributed by atoms with E-state index in [2.05, 4.69) is 6.07 Å². The van der Waals surface area contributed by atoms with Crippen LogP contribution >= 0.6 is 0 Å². The monoisotopic (exact) mass is 363 g/mol. The second kappa shape index (κ2) is 6.35. The van der Waals surface area contributed by atoms with Crippen molar-refractivity contribution in [2.24, 2.45) is 17.6 Å². The van der Waals surface area contributed by atoms with Crippen LogP contribution in [0, 0.1) is 11.8 Å². The fourth-order valence-corrected chi connectivity index (χ4v) is 4.23. The summed E-state index contributed by atoms with van der Waals surface area (Å²) in [6, 6.07) is 17.9. The maximum absolute atomic E-state index is 12.1. The van der Waals surface area contributed by atoms with Crippen LogP contribution in [0.4, 0.5) is 0 Å². The number of hydrogen-bond acceptors (Lipinski definition) is 3. The van der Waals surface area contributed by atoms with Crippen molar-refractivity contribution in [3.63, 3.8) is 0 Å². The third kappa shape index (κ3) is 2.84. The number of benzene rings is 3. The van der Waals surface area contributed by atoms with Gasteiger partial charge in [0.25, 0.3) is 0 Å². The topological polar surface area (TPSA) is 101 Å². The van der Waals surface area contributed by atoms with Crippen molar-refractivity contribution in [2.75, 3.05) is 0 Å². The van der Waals surface area contributed by atoms with Crippen molar-refractivity contribution in [2.45, 2.75) is 24.8 Å². The van der Waals surface area contributed by atoms with E-state index in [1.165, 1.54) is 0 Å². The highest BCUT2D eigenvalue weighted by Crippen LogP contribution is 2.43. The van der Waals surface area contributed by atoms with Crippen LogP contribution in [0.3, 0.4) is 0 Å². The predicted octanol–water partition coefficient (Wildman–Crippen LogP) is 3.43. The fraction of sp³-hybridized carbons (Fsp3) is 0.273. The standard InChI is InChI=1S/C22H21NO4/c23-22(21(26)27,16-10-15(11-16)20(24)25)12-19-17-7-3-1-5-13(17)9-14-6-2-4-8-18(14)19/h1-9,15-16H,10-12,23H2,(H,24,25)(H,26,27). The Hall–Kier alpha value is -2.92. The number of carbonyl (C=O) groups is 2. The van der Waals surface area contributed by atoms with Crippen molar-refractivity contribution in [1.29, 1.82) is 0 Å². The molecule has 5 nitrogen and oxygen atoms in total. The van der Waals surface area contributed by atoms with Crippen molar-refractivity contribution in [3.05, 3.63) is 60.2 Å². The van der Waals surface area contributed by atoms with E-state index in [-0.39, 0.29) is 12.3 Å². The Morgan fingerprint density at radius 3 is 1.96 bits per heavy atom. The van der Waals surface area contributed by atoms with Crippen LogP contribution in [0.5, 0.6) is 0 Å². The molecule has 1 unspecified atom stereocenters. The molecule has 0 spiro atoms. The Labute approximate surface area is 156 Å². The van der Waals surface area contributed by atoms with Gasteiger partial charge in [-0.1, -0.05) is 48.5 Å². The van der Waals surface area contributed by atoms with Gasteiger partial charge in [0.05, 0.1) is 5.92 Å². The number of fused-ring (bicyclic) bond motifs is 2. The van der Waals surface area contributed by atoms with Gasteiger partial charge >= 0.3 is 11.9 Å². The Kier molecular flexibility index (Phi) is 4.12. The fourth-order valence-electron chi connectivity index (χ4n) is 4.23. The smallest absolute Gasteiger partial charge is 0.324 e. The quantitative estimate of drug-likeness (QED) is 0.603. The van der Waals surface area contributed by atoms with Gasteiger partial charge in [-0.15, -0.1) is 0 Å². The molecule has 5 heteroatoms. The van der Waals surface area contributed by atoms with Crippen LogP contribution in [0.2, 0.25) is 0 Å². The minimum absolute atomic E-state index is 0.168. The second-order valence-electron chi connectivity index (χ2n) is 7.52. The van der Waals surface area contributed by atoms with E-state index in [0.717, 1.165) is 27.1 Å². The maximum Gasteiger partial charge on any atom is 0.324 e. The molecule has 4 rings (SSSR count). The second-order valence-corrected chi connectivity index (χ2v) is 7.52. The molecule has 3 aromatic carbocycles. The summed E-state index contributed by atoms with van der Waals surface area (Å²) in [6.07, 6.45) is 0.781. The van der Waals surface area contributed by atoms with E-state index in [1.54, 1.807) is 0 Å². The van der Waals surface area contributed by atoms with Crippen LogP contribution in [0.15, 0.2) is 54.6 Å². The van der Waals surface area contributed by atoms with E-state index in [4.69, 9.17) is 10.8 Å². The highest BCUT2D eigenvalue weighted by atomic mass is 16.4. The molecule has 0 amide bonds. The first-order valence-electron chi connectivity index (χ1n) is 9.04. The summed E-state index contributed by atoms with van der Waals surface area (Å²) < 4.78 is 0. The van der Waals surface area contributed by atoms with Gasteiger partial charge in [0.2, 0.25) is 0 Å². The zero-order chi connectivity index (χ0) is 19.2. The number of carboxylic acid groups (broad SMARTS) is 2. The lowest BCUT2D eigenvalue weighted by Gasteiger charge is -2.43. The first-order chi connectivity index (χ1) is 12.9. The van der Waals surface area contributed by atoms with E-state index in [1.807, 2.05) is 48.5 Å². The molecule has 3 aromatic rings. The van der Waals surface area contributed by atoms with Gasteiger partial charge in [-0.05, 0) is 51.9 Å². The van der Waals surface area contributed by atoms with Gasteiger partial charge in [0.15, 0.2) is 0 Å². The molecule has 4 N–H and O–H groups in total. The first kappa shape index (κ1) is 17.5. The van der Waals surface area contributed by atoms with Crippen molar-refractivity contribution < 1.29 is 19.8 Å². The maximum atomic E-state index is 12.1. The Bertz CT molecular complexity index is 1000. The van der Waals surface area contributed by atoms with Crippen molar-refractivity contribution in [3.8, 4) is 0 Å². The third-order valence-corrected chi connectivity index (χ3v) is 5.97. The van der Waals surface area contributed by atoms with Crippen LogP contribution in [-0.2, 0) is 16.0 Å². The van der Waals surface area contributed by atoms with Crippen LogP contribution in [-0.4, -0.2) is 27.7 Å². The average molecular weight is 363 g/mol. The van der Waals surface area contributed by atoms with E-state index < -0.39 is 23.4 Å². The molecule has 0 saturated heterocycles. The van der Waals surface area contributed by atoms with Gasteiger partial charge in [-0.2, -0.15) is 0 Å². The first-order valence-corrected chi connectivity index (χ1v) is 9.04. The van der Waals surface area contributed by atoms with Gasteiger partial charge in [-0.3, -0.25) is 9.59 Å². The van der Waals surface area contributed by atoms with Gasteiger partial charge < -0.3 is 15.9 Å². The molecule has 0 heterocycles. The molecular formula is C22H21NO4. The SMILES string of the molecule is NC(Cc1c2ccccc2cc2ccccc12)(C(=O)O)C1CC(C(=O)O)C1. The molecule has 138 valence electrons. The molecule has 27 heavy (non-hydrogen) atoms.